The van der Waals surface area contributed by atoms with Gasteiger partial charge in [0.15, 0.2) is 6.10 Å². The highest BCUT2D eigenvalue weighted by molar-refractivity contribution is 5.70. The molecule has 0 aromatic heterocycles. The third-order valence-electron chi connectivity index (χ3n) is 2.56. The van der Waals surface area contributed by atoms with Gasteiger partial charge < -0.3 is 19.9 Å². The first-order valence-electron chi connectivity index (χ1n) is 4.96. The standard InChI is InChI=1S/C11H13NO4/c1-15-8-4-2-7(3-5-8)10-9(6-13)16-11(14)12-10/h2-5,9-10,13H,6H2,1H3,(H,12,14)/t9-,10+/m0/s1. The molecule has 5 nitrogen and oxygen atoms in total. The van der Waals surface area contributed by atoms with Gasteiger partial charge in [0.1, 0.15) is 5.75 Å². The summed E-state index contributed by atoms with van der Waals surface area (Å²) in [6.45, 7) is -0.199. The number of benzene rings is 1. The second kappa shape index (κ2) is 4.40. The van der Waals surface area contributed by atoms with E-state index in [1.165, 1.54) is 0 Å². The predicted molar refractivity (Wildman–Crippen MR) is 56.2 cm³/mol. The first-order valence-corrected chi connectivity index (χ1v) is 4.96. The lowest BCUT2D eigenvalue weighted by atomic mass is 10.0. The van der Waals surface area contributed by atoms with Crippen molar-refractivity contribution in [2.75, 3.05) is 13.7 Å². The first kappa shape index (κ1) is 10.8. The monoisotopic (exact) mass is 223 g/mol. The minimum atomic E-state index is -0.527. The topological polar surface area (TPSA) is 67.8 Å². The molecule has 5 heteroatoms. The molecule has 2 N–H and O–H groups in total. The molecule has 0 bridgehead atoms. The van der Waals surface area contributed by atoms with E-state index >= 15 is 0 Å². The zero-order chi connectivity index (χ0) is 11.5. The predicted octanol–water partition coefficient (Wildman–Crippen LogP) is 0.837. The number of alkyl carbamates (subject to hydrolysis) is 1. The summed E-state index contributed by atoms with van der Waals surface area (Å²) in [5.74, 6) is 0.745. The number of aliphatic hydroxyl groups excluding tert-OH is 1. The number of ether oxygens (including phenoxy) is 2. The second-order valence-corrected chi connectivity index (χ2v) is 3.52. The number of aliphatic hydroxyl groups is 1. The van der Waals surface area contributed by atoms with Crippen molar-refractivity contribution in [2.24, 2.45) is 0 Å². The number of rotatable bonds is 3. The van der Waals surface area contributed by atoms with Crippen LogP contribution in [0.3, 0.4) is 0 Å². The van der Waals surface area contributed by atoms with Crippen molar-refractivity contribution in [3.8, 4) is 5.75 Å². The van der Waals surface area contributed by atoms with Crippen molar-refractivity contribution in [3.05, 3.63) is 29.8 Å². The molecule has 2 rings (SSSR count). The molecule has 1 heterocycles. The van der Waals surface area contributed by atoms with Crippen LogP contribution in [0.2, 0.25) is 0 Å². The van der Waals surface area contributed by atoms with Crippen LogP contribution in [0.25, 0.3) is 0 Å². The quantitative estimate of drug-likeness (QED) is 0.796. The Kier molecular flexibility index (Phi) is 2.96. The molecule has 1 aromatic rings. The van der Waals surface area contributed by atoms with Crippen molar-refractivity contribution < 1.29 is 19.4 Å². The van der Waals surface area contributed by atoms with Crippen molar-refractivity contribution in [1.29, 1.82) is 0 Å². The lowest BCUT2D eigenvalue weighted by Crippen LogP contribution is -2.24. The SMILES string of the molecule is COc1ccc([C@H]2NC(=O)O[C@H]2CO)cc1. The Balaban J connectivity index is 2.19. The smallest absolute Gasteiger partial charge is 0.408 e. The van der Waals surface area contributed by atoms with E-state index in [9.17, 15) is 4.79 Å². The molecule has 0 unspecified atom stereocenters. The van der Waals surface area contributed by atoms with Gasteiger partial charge >= 0.3 is 6.09 Å². The molecule has 1 fully saturated rings. The molecule has 86 valence electrons. The molecule has 1 aliphatic rings. The number of hydrogen-bond acceptors (Lipinski definition) is 4. The molecular weight excluding hydrogens is 210 g/mol. The number of amides is 1. The molecular formula is C11H13NO4. The fourth-order valence-electron chi connectivity index (χ4n) is 1.71. The van der Waals surface area contributed by atoms with Gasteiger partial charge in [0.05, 0.1) is 19.8 Å². The number of carbonyl (C=O) groups is 1. The van der Waals surface area contributed by atoms with Gasteiger partial charge in [0, 0.05) is 0 Å². The molecule has 0 saturated carbocycles. The molecule has 0 radical (unpaired) electrons. The average Bonchev–Trinajstić information content (AvgIpc) is 2.70. The maximum absolute atomic E-state index is 11.1. The Morgan fingerprint density at radius 2 is 2.12 bits per heavy atom. The van der Waals surface area contributed by atoms with Crippen LogP contribution in [0.4, 0.5) is 4.79 Å². The summed E-state index contributed by atoms with van der Waals surface area (Å²) in [6, 6.07) is 6.97. The van der Waals surface area contributed by atoms with E-state index < -0.39 is 12.2 Å². The molecule has 1 amide bonds. The van der Waals surface area contributed by atoms with Gasteiger partial charge in [0.2, 0.25) is 0 Å². The largest absolute Gasteiger partial charge is 0.497 e. The van der Waals surface area contributed by atoms with Gasteiger partial charge in [-0.05, 0) is 17.7 Å². The Morgan fingerprint density at radius 3 is 2.69 bits per heavy atom. The van der Waals surface area contributed by atoms with E-state index in [2.05, 4.69) is 5.32 Å². The van der Waals surface area contributed by atoms with Crippen LogP contribution in [0, 0.1) is 0 Å². The van der Waals surface area contributed by atoms with E-state index in [0.717, 1.165) is 11.3 Å². The highest BCUT2D eigenvalue weighted by Crippen LogP contribution is 2.25. The summed E-state index contributed by atoms with van der Waals surface area (Å²) in [6.07, 6.45) is -1.03. The Morgan fingerprint density at radius 1 is 1.44 bits per heavy atom. The average molecular weight is 223 g/mol. The van der Waals surface area contributed by atoms with Crippen LogP contribution in [-0.4, -0.2) is 31.0 Å². The molecule has 2 atom stereocenters. The van der Waals surface area contributed by atoms with Crippen molar-refractivity contribution in [2.45, 2.75) is 12.1 Å². The summed E-state index contributed by atoms with van der Waals surface area (Å²) >= 11 is 0. The van der Waals surface area contributed by atoms with Crippen LogP contribution < -0.4 is 10.1 Å². The number of hydrogen-bond donors (Lipinski definition) is 2. The fourth-order valence-corrected chi connectivity index (χ4v) is 1.71. The summed E-state index contributed by atoms with van der Waals surface area (Å²) in [5.41, 5.74) is 0.880. The van der Waals surface area contributed by atoms with E-state index in [4.69, 9.17) is 14.6 Å². The number of methoxy groups -OCH3 is 1. The van der Waals surface area contributed by atoms with Crippen LogP contribution in [-0.2, 0) is 4.74 Å². The van der Waals surface area contributed by atoms with Crippen LogP contribution in [0.5, 0.6) is 5.75 Å². The molecule has 1 saturated heterocycles. The molecule has 1 aliphatic heterocycles. The van der Waals surface area contributed by atoms with Crippen LogP contribution in [0.1, 0.15) is 11.6 Å². The second-order valence-electron chi connectivity index (χ2n) is 3.52. The number of carbonyl (C=O) groups excluding carboxylic acids is 1. The molecule has 0 aliphatic carbocycles. The zero-order valence-electron chi connectivity index (χ0n) is 8.84. The third-order valence-corrected chi connectivity index (χ3v) is 2.56. The van der Waals surface area contributed by atoms with E-state index in [1.54, 1.807) is 19.2 Å². The lowest BCUT2D eigenvalue weighted by molar-refractivity contribution is 0.0829. The highest BCUT2D eigenvalue weighted by Gasteiger charge is 2.34. The summed E-state index contributed by atoms with van der Waals surface area (Å²) in [4.78, 5) is 11.1. The zero-order valence-corrected chi connectivity index (χ0v) is 8.84. The summed E-state index contributed by atoms with van der Waals surface area (Å²) in [5, 5.41) is 11.7. The van der Waals surface area contributed by atoms with Crippen molar-refractivity contribution in [3.63, 3.8) is 0 Å². The summed E-state index contributed by atoms with van der Waals surface area (Å²) in [7, 11) is 1.59. The van der Waals surface area contributed by atoms with E-state index in [1.807, 2.05) is 12.1 Å². The van der Waals surface area contributed by atoms with Gasteiger partial charge in [-0.15, -0.1) is 0 Å². The van der Waals surface area contributed by atoms with Gasteiger partial charge in [0.25, 0.3) is 0 Å². The van der Waals surface area contributed by atoms with Crippen molar-refractivity contribution in [1.82, 2.24) is 5.32 Å². The molecule has 16 heavy (non-hydrogen) atoms. The normalized spacial score (nSPS) is 23.8. The van der Waals surface area contributed by atoms with E-state index in [0.29, 0.717) is 0 Å². The Hall–Kier alpha value is -1.75. The van der Waals surface area contributed by atoms with Gasteiger partial charge in [-0.3, -0.25) is 0 Å². The lowest BCUT2D eigenvalue weighted by Gasteiger charge is -2.15. The van der Waals surface area contributed by atoms with Gasteiger partial charge in [-0.2, -0.15) is 0 Å². The fraction of sp³-hybridized carbons (Fsp3) is 0.364. The minimum Gasteiger partial charge on any atom is -0.497 e. The molecule has 0 spiro atoms. The number of cyclic esters (lactones) is 1. The van der Waals surface area contributed by atoms with E-state index in [-0.39, 0.29) is 12.6 Å². The minimum absolute atomic E-state index is 0.199. The van der Waals surface area contributed by atoms with Crippen LogP contribution in [0.15, 0.2) is 24.3 Å². The maximum Gasteiger partial charge on any atom is 0.408 e. The van der Waals surface area contributed by atoms with Crippen LogP contribution >= 0.6 is 0 Å². The third kappa shape index (κ3) is 1.94. The number of nitrogens with one attached hydrogen (secondary N) is 1. The van der Waals surface area contributed by atoms with Crippen molar-refractivity contribution >= 4 is 6.09 Å². The Bertz CT molecular complexity index is 376. The molecule has 1 aromatic carbocycles. The summed E-state index contributed by atoms with van der Waals surface area (Å²) < 4.78 is 9.94. The Labute approximate surface area is 93.0 Å². The first-order chi connectivity index (χ1) is 7.74. The van der Waals surface area contributed by atoms with Gasteiger partial charge in [-0.25, -0.2) is 4.79 Å². The highest BCUT2D eigenvalue weighted by atomic mass is 16.6. The maximum atomic E-state index is 11.1. The van der Waals surface area contributed by atoms with Gasteiger partial charge in [-0.1, -0.05) is 12.1 Å².